The standard InChI is InChI=1S/C10H11NS.C2H6/c1-7-6-11-10-8(7)4-3-5-9(10)12-2;1-2/h3-6,11H,1-2H3;1-2H3. The van der Waals surface area contributed by atoms with Crippen LogP contribution in [-0.4, -0.2) is 11.2 Å². The van der Waals surface area contributed by atoms with Crippen molar-refractivity contribution in [2.45, 2.75) is 25.7 Å². The Labute approximate surface area is 89.9 Å². The number of aromatic amines is 1. The number of fused-ring (bicyclic) bond motifs is 1. The van der Waals surface area contributed by atoms with Crippen molar-refractivity contribution in [1.29, 1.82) is 0 Å². The first kappa shape index (κ1) is 11.2. The molecule has 2 heteroatoms. The second kappa shape index (κ2) is 5.11. The minimum Gasteiger partial charge on any atom is -0.360 e. The third-order valence-corrected chi connectivity index (χ3v) is 2.88. The minimum atomic E-state index is 1.27. The van der Waals surface area contributed by atoms with Crippen molar-refractivity contribution in [2.24, 2.45) is 0 Å². The molecule has 0 fully saturated rings. The summed E-state index contributed by atoms with van der Waals surface area (Å²) in [6.45, 7) is 6.13. The monoisotopic (exact) mass is 207 g/mol. The van der Waals surface area contributed by atoms with Crippen molar-refractivity contribution in [3.8, 4) is 0 Å². The molecule has 0 aliphatic heterocycles. The van der Waals surface area contributed by atoms with E-state index < -0.39 is 0 Å². The summed E-state index contributed by atoms with van der Waals surface area (Å²) < 4.78 is 0. The third kappa shape index (κ3) is 1.95. The molecule has 0 saturated heterocycles. The molecule has 0 atom stereocenters. The zero-order chi connectivity index (χ0) is 10.6. The van der Waals surface area contributed by atoms with Crippen LogP contribution in [0.3, 0.4) is 0 Å². The van der Waals surface area contributed by atoms with Gasteiger partial charge in [0.15, 0.2) is 0 Å². The molecule has 76 valence electrons. The van der Waals surface area contributed by atoms with Crippen molar-refractivity contribution in [1.82, 2.24) is 4.98 Å². The van der Waals surface area contributed by atoms with Gasteiger partial charge in [0, 0.05) is 16.5 Å². The van der Waals surface area contributed by atoms with E-state index >= 15 is 0 Å². The van der Waals surface area contributed by atoms with Crippen LogP contribution in [0.2, 0.25) is 0 Å². The number of para-hydroxylation sites is 1. The van der Waals surface area contributed by atoms with Crippen LogP contribution in [0.15, 0.2) is 29.3 Å². The molecule has 14 heavy (non-hydrogen) atoms. The van der Waals surface area contributed by atoms with Crippen molar-refractivity contribution in [3.63, 3.8) is 0 Å². The number of rotatable bonds is 1. The molecular formula is C12H17NS. The molecule has 0 saturated carbocycles. The van der Waals surface area contributed by atoms with E-state index in [1.165, 1.54) is 21.4 Å². The van der Waals surface area contributed by atoms with E-state index in [1.54, 1.807) is 11.8 Å². The van der Waals surface area contributed by atoms with Gasteiger partial charge in [0.1, 0.15) is 0 Å². The number of aromatic nitrogens is 1. The molecule has 0 amide bonds. The van der Waals surface area contributed by atoms with Crippen molar-refractivity contribution < 1.29 is 0 Å². The summed E-state index contributed by atoms with van der Waals surface area (Å²) in [6.07, 6.45) is 4.16. The zero-order valence-electron chi connectivity index (χ0n) is 9.22. The largest absolute Gasteiger partial charge is 0.360 e. The average Bonchev–Trinajstić information content (AvgIpc) is 2.64. The van der Waals surface area contributed by atoms with Gasteiger partial charge in [0.2, 0.25) is 0 Å². The normalized spacial score (nSPS) is 9.71. The summed E-state index contributed by atoms with van der Waals surface area (Å²) in [5.74, 6) is 0. The van der Waals surface area contributed by atoms with E-state index in [9.17, 15) is 0 Å². The summed E-state index contributed by atoms with van der Waals surface area (Å²) in [4.78, 5) is 4.61. The van der Waals surface area contributed by atoms with Gasteiger partial charge in [-0.2, -0.15) is 0 Å². The number of thioether (sulfide) groups is 1. The maximum Gasteiger partial charge on any atom is 0.0594 e. The van der Waals surface area contributed by atoms with Crippen LogP contribution in [0.5, 0.6) is 0 Å². The minimum absolute atomic E-state index is 1.27. The lowest BCUT2D eigenvalue weighted by Crippen LogP contribution is -1.73. The predicted molar refractivity (Wildman–Crippen MR) is 66.2 cm³/mol. The van der Waals surface area contributed by atoms with Gasteiger partial charge < -0.3 is 4.98 Å². The number of hydrogen-bond donors (Lipinski definition) is 1. The van der Waals surface area contributed by atoms with Crippen LogP contribution >= 0.6 is 11.8 Å². The highest BCUT2D eigenvalue weighted by Crippen LogP contribution is 2.26. The number of hydrogen-bond acceptors (Lipinski definition) is 1. The van der Waals surface area contributed by atoms with Crippen LogP contribution in [0, 0.1) is 6.92 Å². The SMILES string of the molecule is CC.CSc1cccc2c(C)c[nH]c12. The maximum atomic E-state index is 3.29. The van der Waals surface area contributed by atoms with E-state index in [0.29, 0.717) is 0 Å². The van der Waals surface area contributed by atoms with Crippen molar-refractivity contribution in [2.75, 3.05) is 6.26 Å². The Kier molecular flexibility index (Phi) is 4.08. The first-order valence-corrected chi connectivity index (χ1v) is 6.16. The third-order valence-electron chi connectivity index (χ3n) is 2.10. The fourth-order valence-electron chi connectivity index (χ4n) is 1.44. The Morgan fingerprint density at radius 2 is 1.93 bits per heavy atom. The molecule has 2 rings (SSSR count). The predicted octanol–water partition coefficient (Wildman–Crippen LogP) is 4.22. The van der Waals surface area contributed by atoms with E-state index in [0.717, 1.165) is 0 Å². The van der Waals surface area contributed by atoms with E-state index in [2.05, 4.69) is 42.6 Å². The van der Waals surface area contributed by atoms with Crippen LogP contribution in [-0.2, 0) is 0 Å². The molecule has 0 radical (unpaired) electrons. The molecule has 1 aromatic carbocycles. The van der Waals surface area contributed by atoms with Gasteiger partial charge in [-0.15, -0.1) is 11.8 Å². The van der Waals surface area contributed by atoms with Crippen LogP contribution in [0.25, 0.3) is 10.9 Å². The molecule has 0 aliphatic rings. The lowest BCUT2D eigenvalue weighted by atomic mass is 10.2. The molecule has 0 spiro atoms. The van der Waals surface area contributed by atoms with Crippen LogP contribution in [0.4, 0.5) is 0 Å². The van der Waals surface area contributed by atoms with Gasteiger partial charge in [-0.05, 0) is 24.8 Å². The smallest absolute Gasteiger partial charge is 0.0594 e. The lowest BCUT2D eigenvalue weighted by molar-refractivity contribution is 1.39. The Hall–Kier alpha value is -0.890. The summed E-state index contributed by atoms with van der Waals surface area (Å²) >= 11 is 1.78. The Morgan fingerprint density at radius 1 is 1.21 bits per heavy atom. The van der Waals surface area contributed by atoms with Gasteiger partial charge in [-0.1, -0.05) is 26.0 Å². The number of aryl methyl sites for hydroxylation is 1. The van der Waals surface area contributed by atoms with Crippen molar-refractivity contribution in [3.05, 3.63) is 30.0 Å². The van der Waals surface area contributed by atoms with Gasteiger partial charge in [-0.25, -0.2) is 0 Å². The average molecular weight is 207 g/mol. The fraction of sp³-hybridized carbons (Fsp3) is 0.333. The molecule has 1 nitrogen and oxygen atoms in total. The molecule has 0 unspecified atom stereocenters. The molecular weight excluding hydrogens is 190 g/mol. The maximum absolute atomic E-state index is 3.29. The number of nitrogens with one attached hydrogen (secondary N) is 1. The fourth-order valence-corrected chi connectivity index (χ4v) is 2.02. The second-order valence-corrected chi connectivity index (χ2v) is 3.70. The number of benzene rings is 1. The Morgan fingerprint density at radius 3 is 2.57 bits per heavy atom. The van der Waals surface area contributed by atoms with E-state index in [-0.39, 0.29) is 0 Å². The lowest BCUT2D eigenvalue weighted by Gasteiger charge is -1.97. The Balaban J connectivity index is 0.000000461. The first-order chi connectivity index (χ1) is 6.83. The highest BCUT2D eigenvalue weighted by molar-refractivity contribution is 7.98. The van der Waals surface area contributed by atoms with Crippen LogP contribution in [0.1, 0.15) is 19.4 Å². The molecule has 1 aromatic heterocycles. The Bertz CT molecular complexity index is 404. The van der Waals surface area contributed by atoms with E-state index in [1.807, 2.05) is 13.8 Å². The quantitative estimate of drug-likeness (QED) is 0.692. The van der Waals surface area contributed by atoms with Gasteiger partial charge in [0.05, 0.1) is 5.52 Å². The first-order valence-electron chi connectivity index (χ1n) is 4.93. The summed E-state index contributed by atoms with van der Waals surface area (Å²) in [7, 11) is 0. The molecule has 2 aromatic rings. The van der Waals surface area contributed by atoms with Crippen LogP contribution < -0.4 is 0 Å². The van der Waals surface area contributed by atoms with Gasteiger partial charge >= 0.3 is 0 Å². The van der Waals surface area contributed by atoms with E-state index in [4.69, 9.17) is 0 Å². The zero-order valence-corrected chi connectivity index (χ0v) is 10.0. The second-order valence-electron chi connectivity index (χ2n) is 2.85. The topological polar surface area (TPSA) is 15.8 Å². The summed E-state index contributed by atoms with van der Waals surface area (Å²) in [6, 6.07) is 6.40. The highest BCUT2D eigenvalue weighted by Gasteiger charge is 2.02. The summed E-state index contributed by atoms with van der Waals surface area (Å²) in [5.41, 5.74) is 2.59. The number of H-pyrrole nitrogens is 1. The van der Waals surface area contributed by atoms with Gasteiger partial charge in [-0.3, -0.25) is 0 Å². The molecule has 0 bridgehead atoms. The van der Waals surface area contributed by atoms with Crippen molar-refractivity contribution >= 4 is 22.7 Å². The molecule has 0 aliphatic carbocycles. The highest BCUT2D eigenvalue weighted by atomic mass is 32.2. The molecule has 1 N–H and O–H groups in total. The van der Waals surface area contributed by atoms with Gasteiger partial charge in [0.25, 0.3) is 0 Å². The summed E-state index contributed by atoms with van der Waals surface area (Å²) in [5, 5.41) is 1.34. The molecule has 1 heterocycles.